The number of anilines is 1. The maximum Gasteiger partial charge on any atom is 0.230 e. The first-order chi connectivity index (χ1) is 9.81. The zero-order valence-corrected chi connectivity index (χ0v) is 15.0. The van der Waals surface area contributed by atoms with Crippen LogP contribution in [0.2, 0.25) is 0 Å². The molecule has 0 aromatic carbocycles. The summed E-state index contributed by atoms with van der Waals surface area (Å²) in [5.41, 5.74) is 1.08. The first-order valence-electron chi connectivity index (χ1n) is 7.49. The molecule has 126 valence electrons. The largest absolute Gasteiger partial charge is 0.316 e. The van der Waals surface area contributed by atoms with Crippen LogP contribution in [-0.4, -0.2) is 42.0 Å². The molecule has 1 atom stereocenters. The Morgan fingerprint density at radius 2 is 2.14 bits per heavy atom. The molecule has 1 amide bonds. The van der Waals surface area contributed by atoms with E-state index in [4.69, 9.17) is 0 Å². The Bertz CT molecular complexity index is 459. The van der Waals surface area contributed by atoms with Crippen LogP contribution in [0.5, 0.6) is 0 Å². The summed E-state index contributed by atoms with van der Waals surface area (Å²) in [6.07, 6.45) is 4.87. The molecule has 3 rings (SSSR count). The second kappa shape index (κ2) is 9.67. The minimum atomic E-state index is 0. The highest BCUT2D eigenvalue weighted by molar-refractivity contribution is 7.13. The van der Waals surface area contributed by atoms with E-state index < -0.39 is 0 Å². The van der Waals surface area contributed by atoms with Crippen LogP contribution in [0.25, 0.3) is 0 Å². The number of carbonyl (C=O) groups excluding carboxylic acids is 1. The second-order valence-corrected chi connectivity index (χ2v) is 6.52. The summed E-state index contributed by atoms with van der Waals surface area (Å²) >= 11 is 1.54. The summed E-state index contributed by atoms with van der Waals surface area (Å²) in [6.45, 7) is 4.99. The Morgan fingerprint density at radius 1 is 1.36 bits per heavy atom. The Hall–Kier alpha value is -0.400. The van der Waals surface area contributed by atoms with Gasteiger partial charge in [-0.05, 0) is 38.9 Å². The molecule has 0 radical (unpaired) electrons. The number of rotatable bonds is 4. The second-order valence-electron chi connectivity index (χ2n) is 5.66. The van der Waals surface area contributed by atoms with Gasteiger partial charge in [-0.15, -0.1) is 36.2 Å². The van der Waals surface area contributed by atoms with Crippen molar-refractivity contribution in [1.29, 1.82) is 0 Å². The molecule has 1 unspecified atom stereocenters. The molecule has 1 aromatic heterocycles. The van der Waals surface area contributed by atoms with Crippen LogP contribution >= 0.6 is 36.2 Å². The summed E-state index contributed by atoms with van der Waals surface area (Å²) < 4.78 is 0. The van der Waals surface area contributed by atoms with Gasteiger partial charge < -0.3 is 10.6 Å². The lowest BCUT2D eigenvalue weighted by Gasteiger charge is -2.25. The van der Waals surface area contributed by atoms with Crippen LogP contribution in [0.1, 0.15) is 31.4 Å². The molecule has 0 saturated carbocycles. The molecule has 2 aliphatic rings. The van der Waals surface area contributed by atoms with Gasteiger partial charge in [-0.3, -0.25) is 9.69 Å². The lowest BCUT2D eigenvalue weighted by Crippen LogP contribution is -2.29. The zero-order chi connectivity index (χ0) is 13.8. The normalized spacial score (nSPS) is 21.7. The molecule has 2 saturated heterocycles. The molecule has 2 fully saturated rings. The fraction of sp³-hybridized carbons (Fsp3) is 0.714. The molecule has 0 aliphatic carbocycles. The number of amides is 1. The number of halogens is 2. The van der Waals surface area contributed by atoms with Gasteiger partial charge >= 0.3 is 0 Å². The maximum absolute atomic E-state index is 12.0. The van der Waals surface area contributed by atoms with Gasteiger partial charge in [0.1, 0.15) is 0 Å². The number of likely N-dealkylation sites (tertiary alicyclic amines) is 1. The summed E-state index contributed by atoms with van der Waals surface area (Å²) in [4.78, 5) is 19.0. The molecule has 0 bridgehead atoms. The van der Waals surface area contributed by atoms with Gasteiger partial charge in [-0.1, -0.05) is 6.42 Å². The number of piperidine rings is 1. The predicted octanol–water partition coefficient (Wildman–Crippen LogP) is 2.52. The minimum absolute atomic E-state index is 0. The molecule has 5 nitrogen and oxygen atoms in total. The molecule has 3 heterocycles. The number of thiazole rings is 1. The minimum Gasteiger partial charge on any atom is -0.316 e. The van der Waals surface area contributed by atoms with Gasteiger partial charge in [0.2, 0.25) is 5.91 Å². The van der Waals surface area contributed by atoms with Gasteiger partial charge in [-0.25, -0.2) is 4.98 Å². The third-order valence-corrected chi connectivity index (χ3v) is 4.85. The van der Waals surface area contributed by atoms with Crippen molar-refractivity contribution in [2.24, 2.45) is 5.92 Å². The predicted molar refractivity (Wildman–Crippen MR) is 95.3 cm³/mol. The van der Waals surface area contributed by atoms with Gasteiger partial charge in [0.15, 0.2) is 5.13 Å². The number of hydrogen-bond acceptors (Lipinski definition) is 5. The summed E-state index contributed by atoms with van der Waals surface area (Å²) in [6, 6.07) is 0. The van der Waals surface area contributed by atoms with Crippen LogP contribution in [-0.2, 0) is 11.3 Å². The van der Waals surface area contributed by atoms with E-state index in [0.29, 0.717) is 0 Å². The summed E-state index contributed by atoms with van der Waals surface area (Å²) in [5, 5.41) is 8.98. The average molecular weight is 367 g/mol. The smallest absolute Gasteiger partial charge is 0.230 e. The highest BCUT2D eigenvalue weighted by Gasteiger charge is 2.23. The topological polar surface area (TPSA) is 57.3 Å². The first kappa shape index (κ1) is 19.6. The standard InChI is InChI=1S/C14H22N4OS.2ClH/c19-13(11-4-5-15-8-11)17-14-16-12(10-20-14)9-18-6-2-1-3-7-18;;/h10-11,15H,1-9H2,(H,16,17,19);2*1H. The van der Waals surface area contributed by atoms with Crippen molar-refractivity contribution in [2.75, 3.05) is 31.5 Å². The number of hydrogen-bond donors (Lipinski definition) is 2. The molecule has 1 aromatic rings. The van der Waals surface area contributed by atoms with E-state index in [2.05, 4.69) is 25.9 Å². The van der Waals surface area contributed by atoms with Crippen molar-refractivity contribution < 1.29 is 4.79 Å². The van der Waals surface area contributed by atoms with Gasteiger partial charge in [0.05, 0.1) is 11.6 Å². The van der Waals surface area contributed by atoms with Crippen LogP contribution in [0.4, 0.5) is 5.13 Å². The van der Waals surface area contributed by atoms with E-state index >= 15 is 0 Å². The van der Waals surface area contributed by atoms with E-state index in [-0.39, 0.29) is 36.6 Å². The average Bonchev–Trinajstić information content (AvgIpc) is 3.11. The Morgan fingerprint density at radius 3 is 2.82 bits per heavy atom. The van der Waals surface area contributed by atoms with E-state index in [1.807, 2.05) is 0 Å². The van der Waals surface area contributed by atoms with E-state index in [9.17, 15) is 4.79 Å². The van der Waals surface area contributed by atoms with Crippen molar-refractivity contribution in [3.63, 3.8) is 0 Å². The third-order valence-electron chi connectivity index (χ3n) is 4.05. The third kappa shape index (κ3) is 5.35. The molecule has 0 spiro atoms. The van der Waals surface area contributed by atoms with Crippen LogP contribution in [0.15, 0.2) is 5.38 Å². The van der Waals surface area contributed by atoms with Crippen LogP contribution < -0.4 is 10.6 Å². The quantitative estimate of drug-likeness (QED) is 0.859. The van der Waals surface area contributed by atoms with Crippen LogP contribution in [0, 0.1) is 5.92 Å². The number of aromatic nitrogens is 1. The maximum atomic E-state index is 12.0. The van der Waals surface area contributed by atoms with Crippen molar-refractivity contribution in [1.82, 2.24) is 15.2 Å². The fourth-order valence-electron chi connectivity index (χ4n) is 2.87. The van der Waals surface area contributed by atoms with E-state index in [1.54, 1.807) is 0 Å². The van der Waals surface area contributed by atoms with Crippen molar-refractivity contribution in [2.45, 2.75) is 32.2 Å². The van der Waals surface area contributed by atoms with Crippen molar-refractivity contribution in [3.8, 4) is 0 Å². The van der Waals surface area contributed by atoms with E-state index in [0.717, 1.165) is 36.9 Å². The molecular formula is C14H24Cl2N4OS. The SMILES string of the molecule is Cl.Cl.O=C(Nc1nc(CN2CCCCC2)cs1)C1CCNC1. The van der Waals surface area contributed by atoms with Crippen LogP contribution in [0.3, 0.4) is 0 Å². The highest BCUT2D eigenvalue weighted by Crippen LogP contribution is 2.20. The fourth-order valence-corrected chi connectivity index (χ4v) is 3.57. The highest BCUT2D eigenvalue weighted by atomic mass is 35.5. The number of nitrogens with zero attached hydrogens (tertiary/aromatic N) is 2. The van der Waals surface area contributed by atoms with Crippen molar-refractivity contribution in [3.05, 3.63) is 11.1 Å². The molecule has 8 heteroatoms. The molecule has 22 heavy (non-hydrogen) atoms. The lowest BCUT2D eigenvalue weighted by atomic mass is 10.1. The number of carbonyl (C=O) groups is 1. The molecular weight excluding hydrogens is 343 g/mol. The van der Waals surface area contributed by atoms with Gasteiger partial charge in [0.25, 0.3) is 0 Å². The zero-order valence-electron chi connectivity index (χ0n) is 12.5. The van der Waals surface area contributed by atoms with Gasteiger partial charge in [-0.2, -0.15) is 0 Å². The summed E-state index contributed by atoms with van der Waals surface area (Å²) in [7, 11) is 0. The molecule has 2 N–H and O–H groups in total. The Balaban J connectivity index is 0.00000121. The summed E-state index contributed by atoms with van der Waals surface area (Å²) in [5.74, 6) is 0.207. The van der Waals surface area contributed by atoms with Gasteiger partial charge in [0, 0.05) is 18.5 Å². The first-order valence-corrected chi connectivity index (χ1v) is 8.37. The Labute approximate surface area is 148 Å². The Kier molecular flexibility index (Phi) is 8.64. The van der Waals surface area contributed by atoms with Crippen molar-refractivity contribution >= 4 is 47.2 Å². The van der Waals surface area contributed by atoms with E-state index in [1.165, 1.54) is 43.7 Å². The monoisotopic (exact) mass is 366 g/mol. The number of nitrogens with one attached hydrogen (secondary N) is 2. The molecule has 2 aliphatic heterocycles. The lowest BCUT2D eigenvalue weighted by molar-refractivity contribution is -0.119.